The Balaban J connectivity index is 1.46. The molecule has 1 saturated heterocycles. The van der Waals surface area contributed by atoms with Gasteiger partial charge in [0.05, 0.1) is 30.6 Å². The summed E-state index contributed by atoms with van der Waals surface area (Å²) >= 11 is 5.22. The van der Waals surface area contributed by atoms with Crippen LogP contribution in [0.15, 0.2) is 47.9 Å². The first kappa shape index (κ1) is 26.0. The number of nitrogens with one attached hydrogen (secondary N) is 1. The zero-order valence-corrected chi connectivity index (χ0v) is 21.5. The molecule has 1 fully saturated rings. The summed E-state index contributed by atoms with van der Waals surface area (Å²) in [5.74, 6) is -0.118. The summed E-state index contributed by atoms with van der Waals surface area (Å²) in [6.07, 6.45) is 3.64. The molecule has 1 atom stereocenters. The monoisotopic (exact) mass is 514 g/mol. The van der Waals surface area contributed by atoms with E-state index in [1.54, 1.807) is 31.5 Å². The van der Waals surface area contributed by atoms with Crippen molar-refractivity contribution in [3.8, 4) is 5.75 Å². The van der Waals surface area contributed by atoms with Gasteiger partial charge >= 0.3 is 0 Å². The molecule has 2 aromatic rings. The molecule has 0 radical (unpaired) electrons. The first-order chi connectivity index (χ1) is 17.2. The number of benzene rings is 1. The van der Waals surface area contributed by atoms with Crippen molar-refractivity contribution in [2.75, 3.05) is 31.3 Å². The predicted octanol–water partition coefficient (Wildman–Crippen LogP) is 3.17. The standard InChI is InChI=1S/C26H31FN4O4S/c1-16-19(27)5-4-6-21(16)31-10-8-20(23(24(28)36)25(31)32)30-11-17-7-9-29-12-22(17)33-13-18-14-35-26(2,3)15-34-18/h4-7,9,12,18,30H,8,10-11,13-15H2,1-3H3,(H2,28,36). The highest BCUT2D eigenvalue weighted by atomic mass is 32.1. The van der Waals surface area contributed by atoms with Gasteiger partial charge in [-0.3, -0.25) is 9.78 Å². The Morgan fingerprint density at radius 1 is 1.39 bits per heavy atom. The Hall–Kier alpha value is -3.08. The van der Waals surface area contributed by atoms with Crippen LogP contribution in [0.4, 0.5) is 10.1 Å². The smallest absolute Gasteiger partial charge is 0.263 e. The molecule has 1 aromatic heterocycles. The minimum absolute atomic E-state index is 0.00942. The summed E-state index contributed by atoms with van der Waals surface area (Å²) in [4.78, 5) is 19.0. The highest BCUT2D eigenvalue weighted by Gasteiger charge is 2.31. The van der Waals surface area contributed by atoms with Crippen molar-refractivity contribution in [2.45, 2.75) is 45.4 Å². The molecule has 1 aromatic carbocycles. The van der Waals surface area contributed by atoms with E-state index in [2.05, 4.69) is 10.3 Å². The van der Waals surface area contributed by atoms with Gasteiger partial charge in [-0.15, -0.1) is 0 Å². The molecule has 1 unspecified atom stereocenters. The van der Waals surface area contributed by atoms with Gasteiger partial charge in [-0.1, -0.05) is 18.3 Å². The summed E-state index contributed by atoms with van der Waals surface area (Å²) in [7, 11) is 0. The highest BCUT2D eigenvalue weighted by Crippen LogP contribution is 2.29. The number of halogens is 1. The number of carbonyl (C=O) groups is 1. The van der Waals surface area contributed by atoms with E-state index >= 15 is 0 Å². The lowest BCUT2D eigenvalue weighted by Gasteiger charge is -2.34. The molecule has 0 saturated carbocycles. The molecule has 3 N–H and O–H groups in total. The molecule has 8 nitrogen and oxygen atoms in total. The molecule has 10 heteroatoms. The van der Waals surface area contributed by atoms with Crippen LogP contribution in [-0.2, 0) is 20.8 Å². The number of nitrogens with two attached hydrogens (primary N) is 1. The van der Waals surface area contributed by atoms with Crippen LogP contribution in [0.25, 0.3) is 0 Å². The second-order valence-electron chi connectivity index (χ2n) is 9.46. The number of aromatic nitrogens is 1. The SMILES string of the molecule is Cc1c(F)cccc1N1CCC(NCc2ccncc2OCC2COC(C)(C)CO2)=C(C(N)=S)C1=O. The van der Waals surface area contributed by atoms with E-state index in [-0.39, 0.29) is 34.0 Å². The van der Waals surface area contributed by atoms with Crippen LogP contribution < -0.4 is 20.7 Å². The van der Waals surface area contributed by atoms with Gasteiger partial charge in [-0.2, -0.15) is 0 Å². The number of rotatable bonds is 8. The number of nitrogens with zero attached hydrogens (tertiary/aromatic N) is 2. The number of pyridine rings is 1. The van der Waals surface area contributed by atoms with Gasteiger partial charge in [0.1, 0.15) is 29.3 Å². The average Bonchev–Trinajstić information content (AvgIpc) is 2.84. The lowest BCUT2D eigenvalue weighted by atomic mass is 10.0. The molecule has 3 heterocycles. The summed E-state index contributed by atoms with van der Waals surface area (Å²) in [6, 6.07) is 6.51. The third-order valence-corrected chi connectivity index (χ3v) is 6.44. The number of hydrogen-bond acceptors (Lipinski definition) is 7. The first-order valence-corrected chi connectivity index (χ1v) is 12.2. The molecule has 2 aliphatic rings. The fourth-order valence-corrected chi connectivity index (χ4v) is 4.37. The summed E-state index contributed by atoms with van der Waals surface area (Å²) < 4.78 is 31.7. The number of ether oxygens (including phenoxy) is 3. The van der Waals surface area contributed by atoms with Crippen LogP contribution in [0.3, 0.4) is 0 Å². The van der Waals surface area contributed by atoms with Gasteiger partial charge in [-0.25, -0.2) is 4.39 Å². The van der Waals surface area contributed by atoms with E-state index in [1.807, 2.05) is 19.9 Å². The molecule has 0 aliphatic carbocycles. The zero-order chi connectivity index (χ0) is 25.9. The van der Waals surface area contributed by atoms with Crippen LogP contribution in [0.5, 0.6) is 5.75 Å². The lowest BCUT2D eigenvalue weighted by Crippen LogP contribution is -2.44. The van der Waals surface area contributed by atoms with Crippen molar-refractivity contribution < 1.29 is 23.4 Å². The maximum absolute atomic E-state index is 14.1. The molecule has 2 aliphatic heterocycles. The number of hydrogen-bond donors (Lipinski definition) is 2. The fourth-order valence-electron chi connectivity index (χ4n) is 4.16. The Morgan fingerprint density at radius 2 is 2.19 bits per heavy atom. The second-order valence-corrected chi connectivity index (χ2v) is 9.90. The highest BCUT2D eigenvalue weighted by molar-refractivity contribution is 7.80. The fraction of sp³-hybridized carbons (Fsp3) is 0.423. The molecule has 36 heavy (non-hydrogen) atoms. The maximum atomic E-state index is 14.1. The van der Waals surface area contributed by atoms with Crippen LogP contribution in [-0.4, -0.2) is 54.0 Å². The molecule has 1 amide bonds. The van der Waals surface area contributed by atoms with Crippen molar-refractivity contribution in [3.63, 3.8) is 0 Å². The Labute approximate surface area is 215 Å². The van der Waals surface area contributed by atoms with Crippen LogP contribution >= 0.6 is 12.2 Å². The Morgan fingerprint density at radius 3 is 2.92 bits per heavy atom. The van der Waals surface area contributed by atoms with E-state index in [0.717, 1.165) is 5.56 Å². The Bertz CT molecular complexity index is 1180. The zero-order valence-electron chi connectivity index (χ0n) is 20.7. The third kappa shape index (κ3) is 5.83. The van der Waals surface area contributed by atoms with Gasteiger partial charge in [0, 0.05) is 48.2 Å². The normalized spacial score (nSPS) is 19.8. The number of amides is 1. The van der Waals surface area contributed by atoms with Crippen molar-refractivity contribution in [1.29, 1.82) is 0 Å². The minimum Gasteiger partial charge on any atom is -0.489 e. The summed E-state index contributed by atoms with van der Waals surface area (Å²) in [5.41, 5.74) is 8.30. The largest absolute Gasteiger partial charge is 0.489 e. The average molecular weight is 515 g/mol. The van der Waals surface area contributed by atoms with Gasteiger partial charge in [-0.05, 0) is 39.0 Å². The van der Waals surface area contributed by atoms with Crippen molar-refractivity contribution in [3.05, 3.63) is 64.9 Å². The minimum atomic E-state index is -0.371. The predicted molar refractivity (Wildman–Crippen MR) is 138 cm³/mol. The van der Waals surface area contributed by atoms with Crippen molar-refractivity contribution in [2.24, 2.45) is 5.73 Å². The quantitative estimate of drug-likeness (QED) is 0.519. The number of carbonyl (C=O) groups excluding carboxylic acids is 1. The molecule has 0 bridgehead atoms. The van der Waals surface area contributed by atoms with Gasteiger partial charge in [0.25, 0.3) is 5.91 Å². The van der Waals surface area contributed by atoms with Gasteiger partial charge in [0.15, 0.2) is 0 Å². The van der Waals surface area contributed by atoms with Gasteiger partial charge in [0.2, 0.25) is 0 Å². The van der Waals surface area contributed by atoms with E-state index < -0.39 is 0 Å². The molecular formula is C26H31FN4O4S. The molecule has 4 rings (SSSR count). The van der Waals surface area contributed by atoms with E-state index in [0.29, 0.717) is 62.0 Å². The van der Waals surface area contributed by atoms with Crippen LogP contribution in [0.2, 0.25) is 0 Å². The van der Waals surface area contributed by atoms with Crippen molar-refractivity contribution in [1.82, 2.24) is 10.3 Å². The third-order valence-electron chi connectivity index (χ3n) is 6.24. The molecule has 0 spiro atoms. The van der Waals surface area contributed by atoms with Crippen LogP contribution in [0.1, 0.15) is 31.4 Å². The molecular weight excluding hydrogens is 483 g/mol. The topological polar surface area (TPSA) is 98.9 Å². The number of thiocarbonyl (C=S) groups is 1. The summed E-state index contributed by atoms with van der Waals surface area (Å²) in [6.45, 7) is 7.64. The Kier molecular flexibility index (Phi) is 7.87. The summed E-state index contributed by atoms with van der Waals surface area (Å²) in [5, 5.41) is 3.31. The first-order valence-electron chi connectivity index (χ1n) is 11.8. The van der Waals surface area contributed by atoms with Crippen molar-refractivity contribution >= 4 is 28.8 Å². The van der Waals surface area contributed by atoms with E-state index in [1.165, 1.54) is 11.0 Å². The lowest BCUT2D eigenvalue weighted by molar-refractivity contribution is -0.181. The van der Waals surface area contributed by atoms with Gasteiger partial charge < -0.3 is 30.2 Å². The van der Waals surface area contributed by atoms with E-state index in [4.69, 9.17) is 32.2 Å². The maximum Gasteiger partial charge on any atom is 0.263 e. The van der Waals surface area contributed by atoms with Crippen LogP contribution in [0, 0.1) is 12.7 Å². The number of anilines is 1. The van der Waals surface area contributed by atoms with E-state index in [9.17, 15) is 9.18 Å². The molecule has 192 valence electrons. The second kappa shape index (κ2) is 10.9.